The summed E-state index contributed by atoms with van der Waals surface area (Å²) in [6.45, 7) is 1.93. The van der Waals surface area contributed by atoms with Crippen molar-refractivity contribution in [3.8, 4) is 0 Å². The first kappa shape index (κ1) is 17.4. The van der Waals surface area contributed by atoms with Crippen molar-refractivity contribution in [1.82, 2.24) is 0 Å². The molecule has 0 radical (unpaired) electrons. The molecule has 0 aliphatic rings. The van der Waals surface area contributed by atoms with E-state index in [9.17, 15) is 8.42 Å². The van der Waals surface area contributed by atoms with Gasteiger partial charge in [-0.2, -0.15) is 0 Å². The zero-order valence-electron chi connectivity index (χ0n) is 13.1. The van der Waals surface area contributed by atoms with E-state index in [1.54, 1.807) is 35.7 Å². The number of anilines is 1. The number of benzene rings is 2. The molecule has 0 saturated heterocycles. The number of hydrogen-bond acceptors (Lipinski definition) is 4. The van der Waals surface area contributed by atoms with Crippen LogP contribution in [0.2, 0.25) is 0 Å². The van der Waals surface area contributed by atoms with Crippen molar-refractivity contribution in [2.45, 2.75) is 11.8 Å². The van der Waals surface area contributed by atoms with Gasteiger partial charge in [0.1, 0.15) is 0 Å². The van der Waals surface area contributed by atoms with Crippen molar-refractivity contribution in [3.05, 3.63) is 82.7 Å². The molecule has 0 bridgehead atoms. The Morgan fingerprint density at radius 2 is 1.70 bits per heavy atom. The monoisotopic (exact) mass is 345 g/mol. The van der Waals surface area contributed by atoms with E-state index < -0.39 is 9.84 Å². The van der Waals surface area contributed by atoms with Crippen LogP contribution in [0.3, 0.4) is 0 Å². The molecule has 0 atom stereocenters. The minimum absolute atomic E-state index is 0.222. The summed E-state index contributed by atoms with van der Waals surface area (Å²) >= 11 is 1.45. The van der Waals surface area contributed by atoms with Crippen molar-refractivity contribution in [1.29, 1.82) is 0 Å². The third-order valence-corrected chi connectivity index (χ3v) is 5.34. The van der Waals surface area contributed by atoms with Gasteiger partial charge in [-0.15, -0.1) is 11.8 Å². The topological polar surface area (TPSA) is 46.2 Å². The number of para-hydroxylation sites is 1. The van der Waals surface area contributed by atoms with Crippen molar-refractivity contribution >= 4 is 27.3 Å². The lowest BCUT2D eigenvalue weighted by molar-refractivity contribution is 0.603. The van der Waals surface area contributed by atoms with E-state index in [0.717, 1.165) is 11.3 Å². The lowest BCUT2D eigenvalue weighted by atomic mass is 10.2. The normalized spacial score (nSPS) is 12.5. The second-order valence-electron chi connectivity index (χ2n) is 4.91. The highest BCUT2D eigenvalue weighted by molar-refractivity contribution is 8.01. The summed E-state index contributed by atoms with van der Waals surface area (Å²) in [7, 11) is -3.56. The molecule has 0 aliphatic heterocycles. The molecular formula is C18H19NO2S2. The molecule has 2 aromatic rings. The van der Waals surface area contributed by atoms with E-state index in [0.29, 0.717) is 0 Å². The number of allylic oxidation sites excluding steroid dienone is 1. The van der Waals surface area contributed by atoms with Crippen molar-refractivity contribution < 1.29 is 8.42 Å². The first-order valence-corrected chi connectivity index (χ1v) is 9.84. The first-order chi connectivity index (χ1) is 11.0. The van der Waals surface area contributed by atoms with Crippen LogP contribution in [0.25, 0.3) is 0 Å². The minimum atomic E-state index is -3.56. The van der Waals surface area contributed by atoms with Gasteiger partial charge in [-0.05, 0) is 48.9 Å². The van der Waals surface area contributed by atoms with E-state index in [2.05, 4.69) is 5.32 Å². The number of aryl methyl sites for hydroxylation is 1. The first-order valence-electron chi connectivity index (χ1n) is 7.07. The van der Waals surface area contributed by atoms with Gasteiger partial charge in [0.15, 0.2) is 0 Å². The number of thioether (sulfide) groups is 1. The average molecular weight is 345 g/mol. The van der Waals surface area contributed by atoms with Gasteiger partial charge in [-0.1, -0.05) is 35.9 Å². The van der Waals surface area contributed by atoms with E-state index in [4.69, 9.17) is 0 Å². The maximum absolute atomic E-state index is 12.8. The second kappa shape index (κ2) is 8.04. The van der Waals surface area contributed by atoms with Crippen LogP contribution in [-0.2, 0) is 9.84 Å². The average Bonchev–Trinajstić information content (AvgIpc) is 2.56. The van der Waals surface area contributed by atoms with Gasteiger partial charge < -0.3 is 5.32 Å². The highest BCUT2D eigenvalue weighted by Gasteiger charge is 2.18. The Morgan fingerprint density at radius 1 is 1.04 bits per heavy atom. The zero-order chi connectivity index (χ0) is 16.7. The minimum Gasteiger partial charge on any atom is -0.360 e. The van der Waals surface area contributed by atoms with Crippen LogP contribution < -0.4 is 5.32 Å². The third kappa shape index (κ3) is 4.74. The largest absolute Gasteiger partial charge is 0.360 e. The fourth-order valence-corrected chi connectivity index (χ4v) is 3.49. The van der Waals surface area contributed by atoms with E-state index >= 15 is 0 Å². The summed E-state index contributed by atoms with van der Waals surface area (Å²) in [5.74, 6) is 0. The Kier molecular flexibility index (Phi) is 6.07. The lowest BCUT2D eigenvalue weighted by Crippen LogP contribution is -2.05. The van der Waals surface area contributed by atoms with Gasteiger partial charge in [0.25, 0.3) is 0 Å². The number of nitrogens with one attached hydrogen (secondary N) is 1. The van der Waals surface area contributed by atoms with Gasteiger partial charge in [0.05, 0.1) is 9.80 Å². The molecule has 120 valence electrons. The second-order valence-corrected chi connectivity index (χ2v) is 7.61. The Hall–Kier alpha value is -1.98. The maximum Gasteiger partial charge on any atom is 0.208 e. The van der Waals surface area contributed by atoms with Crippen LogP contribution in [0.4, 0.5) is 5.69 Å². The van der Waals surface area contributed by atoms with Gasteiger partial charge >= 0.3 is 0 Å². The fraction of sp³-hybridized carbons (Fsp3) is 0.111. The Morgan fingerprint density at radius 3 is 2.30 bits per heavy atom. The molecule has 0 spiro atoms. The summed E-state index contributed by atoms with van der Waals surface area (Å²) in [6, 6.07) is 16.3. The van der Waals surface area contributed by atoms with E-state index in [1.165, 1.54) is 18.0 Å². The van der Waals surface area contributed by atoms with Gasteiger partial charge in [-0.3, -0.25) is 0 Å². The third-order valence-electron chi connectivity index (χ3n) is 3.16. The van der Waals surface area contributed by atoms with Crippen LogP contribution in [0.5, 0.6) is 0 Å². The molecule has 23 heavy (non-hydrogen) atoms. The Labute approximate surface area is 142 Å². The molecule has 0 amide bonds. The van der Waals surface area contributed by atoms with Crippen LogP contribution in [0.15, 0.2) is 82.1 Å². The predicted octanol–water partition coefficient (Wildman–Crippen LogP) is 4.60. The summed E-state index contributed by atoms with van der Waals surface area (Å²) < 4.78 is 25.6. The maximum atomic E-state index is 12.8. The van der Waals surface area contributed by atoms with Crippen LogP contribution in [0, 0.1) is 6.92 Å². The highest BCUT2D eigenvalue weighted by Crippen LogP contribution is 2.22. The predicted molar refractivity (Wildman–Crippen MR) is 99.2 cm³/mol. The van der Waals surface area contributed by atoms with Crippen LogP contribution >= 0.6 is 11.8 Å². The van der Waals surface area contributed by atoms with E-state index in [-0.39, 0.29) is 9.80 Å². The van der Waals surface area contributed by atoms with E-state index in [1.807, 2.05) is 43.5 Å². The Balaban J connectivity index is 2.37. The van der Waals surface area contributed by atoms with Crippen molar-refractivity contribution in [2.75, 3.05) is 11.6 Å². The summed E-state index contributed by atoms with van der Waals surface area (Å²) in [4.78, 5) is 0.509. The lowest BCUT2D eigenvalue weighted by Gasteiger charge is -2.08. The summed E-state index contributed by atoms with van der Waals surface area (Å²) in [6.07, 6.45) is 5.02. The fourth-order valence-electron chi connectivity index (χ4n) is 1.89. The number of rotatable bonds is 6. The SMILES string of the molecule is CS/C=C/C(=C\Nc1ccccc1)S(=O)(=O)c1ccc(C)cc1. The highest BCUT2D eigenvalue weighted by atomic mass is 32.2. The molecular weight excluding hydrogens is 326 g/mol. The van der Waals surface area contributed by atoms with Gasteiger partial charge in [0, 0.05) is 11.9 Å². The molecule has 0 unspecified atom stereocenters. The molecule has 0 aromatic heterocycles. The van der Waals surface area contributed by atoms with Gasteiger partial charge in [-0.25, -0.2) is 8.42 Å². The van der Waals surface area contributed by atoms with Crippen LogP contribution in [-0.4, -0.2) is 14.7 Å². The standard InChI is InChI=1S/C18H19NO2S2/c1-15-8-10-17(11-9-15)23(20,21)18(12-13-22-2)14-19-16-6-4-3-5-7-16/h3-14,19H,1-2H3/b13-12+,18-14+. The molecule has 0 heterocycles. The summed E-state index contributed by atoms with van der Waals surface area (Å²) in [5.41, 5.74) is 1.86. The van der Waals surface area contributed by atoms with Gasteiger partial charge in [0.2, 0.25) is 9.84 Å². The molecule has 3 nitrogen and oxygen atoms in total. The molecule has 0 aliphatic carbocycles. The van der Waals surface area contributed by atoms with Crippen molar-refractivity contribution in [2.24, 2.45) is 0 Å². The molecule has 2 aromatic carbocycles. The molecule has 5 heteroatoms. The molecule has 1 N–H and O–H groups in total. The zero-order valence-corrected chi connectivity index (χ0v) is 14.7. The molecule has 0 fully saturated rings. The van der Waals surface area contributed by atoms with Crippen LogP contribution in [0.1, 0.15) is 5.56 Å². The smallest absolute Gasteiger partial charge is 0.208 e. The Bertz CT molecular complexity index is 793. The number of sulfone groups is 1. The molecule has 2 rings (SSSR count). The molecule has 0 saturated carbocycles. The quantitative estimate of drug-likeness (QED) is 0.777. The number of hydrogen-bond donors (Lipinski definition) is 1. The summed E-state index contributed by atoms with van der Waals surface area (Å²) in [5, 5.41) is 4.79. The van der Waals surface area contributed by atoms with Crippen molar-refractivity contribution in [3.63, 3.8) is 0 Å².